The van der Waals surface area contributed by atoms with E-state index in [0.717, 1.165) is 45.4 Å². The predicted octanol–water partition coefficient (Wildman–Crippen LogP) is 2.96. The first-order chi connectivity index (χ1) is 11.9. The number of alkyl halides is 3. The van der Waals surface area contributed by atoms with E-state index in [4.69, 9.17) is 0 Å². The molecule has 2 aliphatic rings. The Labute approximate surface area is 144 Å². The molecule has 8 heteroatoms. The molecule has 0 saturated carbocycles. The number of hydrogen-bond acceptors (Lipinski definition) is 3. The lowest BCUT2D eigenvalue weighted by Crippen LogP contribution is -2.54. The first-order valence-corrected chi connectivity index (χ1v) is 8.53. The van der Waals surface area contributed by atoms with Gasteiger partial charge in [-0.2, -0.15) is 0 Å². The Balaban J connectivity index is 1.57. The second-order valence-corrected chi connectivity index (χ2v) is 6.44. The molecule has 5 nitrogen and oxygen atoms in total. The monoisotopic (exact) mass is 357 g/mol. The van der Waals surface area contributed by atoms with Gasteiger partial charge in [-0.05, 0) is 25.3 Å². The van der Waals surface area contributed by atoms with Gasteiger partial charge < -0.3 is 15.0 Å². The molecule has 0 spiro atoms. The Morgan fingerprint density at radius 1 is 1.16 bits per heavy atom. The lowest BCUT2D eigenvalue weighted by Gasteiger charge is -2.40. The number of benzene rings is 1. The van der Waals surface area contributed by atoms with Crippen LogP contribution in [0.2, 0.25) is 0 Å². The SMILES string of the molecule is O=C1NCCCN1C1CCN(Cc2ccccc2OC(F)(F)F)CC1. The molecule has 138 valence electrons. The maximum atomic E-state index is 12.5. The van der Waals surface area contributed by atoms with E-state index in [1.54, 1.807) is 12.1 Å². The Kier molecular flexibility index (Phi) is 5.36. The molecule has 0 unspecified atom stereocenters. The third-order valence-electron chi connectivity index (χ3n) is 4.70. The smallest absolute Gasteiger partial charge is 0.405 e. The highest BCUT2D eigenvalue weighted by Gasteiger charge is 2.33. The average molecular weight is 357 g/mol. The standard InChI is InChI=1S/C17H22F3N3O2/c18-17(19,20)25-15-5-2-1-4-13(15)12-22-10-6-14(7-11-22)23-9-3-8-21-16(23)24/h1-2,4-5,14H,3,6-12H2,(H,21,24). The minimum absolute atomic E-state index is 0.00590. The summed E-state index contributed by atoms with van der Waals surface area (Å²) in [6.45, 7) is 3.40. The third kappa shape index (κ3) is 4.78. The van der Waals surface area contributed by atoms with E-state index >= 15 is 0 Å². The molecule has 3 rings (SSSR count). The van der Waals surface area contributed by atoms with Crippen LogP contribution in [0.15, 0.2) is 24.3 Å². The number of ether oxygens (including phenoxy) is 1. The van der Waals surface area contributed by atoms with Gasteiger partial charge in [0.1, 0.15) is 5.75 Å². The van der Waals surface area contributed by atoms with Gasteiger partial charge in [-0.1, -0.05) is 18.2 Å². The Hall–Kier alpha value is -1.96. The van der Waals surface area contributed by atoms with Crippen LogP contribution in [0, 0.1) is 0 Å². The normalized spacial score (nSPS) is 20.4. The van der Waals surface area contributed by atoms with Crippen LogP contribution in [0.25, 0.3) is 0 Å². The maximum Gasteiger partial charge on any atom is 0.573 e. The number of nitrogens with one attached hydrogen (secondary N) is 1. The van der Waals surface area contributed by atoms with Crippen LogP contribution in [0.1, 0.15) is 24.8 Å². The minimum Gasteiger partial charge on any atom is -0.405 e. The fourth-order valence-corrected chi connectivity index (χ4v) is 3.48. The molecule has 0 aliphatic carbocycles. The van der Waals surface area contributed by atoms with Gasteiger partial charge in [0, 0.05) is 44.3 Å². The van der Waals surface area contributed by atoms with Crippen molar-refractivity contribution in [3.8, 4) is 5.75 Å². The molecule has 0 aromatic heterocycles. The summed E-state index contributed by atoms with van der Waals surface area (Å²) >= 11 is 0. The molecule has 2 amide bonds. The fourth-order valence-electron chi connectivity index (χ4n) is 3.48. The summed E-state index contributed by atoms with van der Waals surface area (Å²) in [5.41, 5.74) is 0.522. The highest BCUT2D eigenvalue weighted by molar-refractivity contribution is 5.75. The molecule has 0 atom stereocenters. The maximum absolute atomic E-state index is 12.5. The van der Waals surface area contributed by atoms with E-state index in [1.807, 2.05) is 4.90 Å². The topological polar surface area (TPSA) is 44.8 Å². The van der Waals surface area contributed by atoms with Crippen LogP contribution in [0.5, 0.6) is 5.75 Å². The number of urea groups is 1. The van der Waals surface area contributed by atoms with Crippen molar-refractivity contribution in [2.75, 3.05) is 26.2 Å². The first-order valence-electron chi connectivity index (χ1n) is 8.53. The van der Waals surface area contributed by atoms with Gasteiger partial charge in [-0.3, -0.25) is 4.90 Å². The quantitative estimate of drug-likeness (QED) is 0.901. The second kappa shape index (κ2) is 7.51. The summed E-state index contributed by atoms with van der Waals surface area (Å²) in [5.74, 6) is -0.146. The number of halogens is 3. The molecule has 0 radical (unpaired) electrons. The van der Waals surface area contributed by atoms with Crippen molar-refractivity contribution in [1.29, 1.82) is 0 Å². The van der Waals surface area contributed by atoms with E-state index < -0.39 is 6.36 Å². The van der Waals surface area contributed by atoms with E-state index in [1.165, 1.54) is 12.1 Å². The summed E-state index contributed by atoms with van der Waals surface area (Å²) in [5, 5.41) is 2.86. The first kappa shape index (κ1) is 17.8. The van der Waals surface area contributed by atoms with Crippen LogP contribution in [0.4, 0.5) is 18.0 Å². The summed E-state index contributed by atoms with van der Waals surface area (Å²) in [4.78, 5) is 15.9. The number of rotatable bonds is 4. The zero-order valence-corrected chi connectivity index (χ0v) is 13.9. The zero-order valence-electron chi connectivity index (χ0n) is 13.9. The van der Waals surface area contributed by atoms with Crippen LogP contribution < -0.4 is 10.1 Å². The van der Waals surface area contributed by atoms with Crippen molar-refractivity contribution < 1.29 is 22.7 Å². The molecule has 2 aliphatic heterocycles. The number of hydrogen-bond donors (Lipinski definition) is 1. The second-order valence-electron chi connectivity index (χ2n) is 6.44. The van der Waals surface area contributed by atoms with Crippen LogP contribution in [-0.2, 0) is 6.54 Å². The highest BCUT2D eigenvalue weighted by atomic mass is 19.4. The number of carbonyl (C=O) groups is 1. The van der Waals surface area contributed by atoms with Crippen molar-refractivity contribution >= 4 is 6.03 Å². The van der Waals surface area contributed by atoms with Gasteiger partial charge in [-0.25, -0.2) is 4.79 Å². The highest BCUT2D eigenvalue weighted by Crippen LogP contribution is 2.28. The molecule has 1 aromatic rings. The number of amides is 2. The van der Waals surface area contributed by atoms with Crippen molar-refractivity contribution in [3.05, 3.63) is 29.8 Å². The van der Waals surface area contributed by atoms with Crippen molar-refractivity contribution in [2.45, 2.75) is 38.2 Å². The summed E-state index contributed by atoms with van der Waals surface area (Å²) < 4.78 is 41.7. The van der Waals surface area contributed by atoms with E-state index in [-0.39, 0.29) is 17.8 Å². The van der Waals surface area contributed by atoms with Gasteiger partial charge >= 0.3 is 12.4 Å². The van der Waals surface area contributed by atoms with Crippen LogP contribution >= 0.6 is 0 Å². The largest absolute Gasteiger partial charge is 0.573 e. The van der Waals surface area contributed by atoms with E-state index in [2.05, 4.69) is 15.0 Å². The van der Waals surface area contributed by atoms with Crippen LogP contribution in [-0.4, -0.2) is 54.4 Å². The van der Waals surface area contributed by atoms with Crippen molar-refractivity contribution in [2.24, 2.45) is 0 Å². The Morgan fingerprint density at radius 3 is 2.56 bits per heavy atom. The van der Waals surface area contributed by atoms with Crippen molar-refractivity contribution in [3.63, 3.8) is 0 Å². The third-order valence-corrected chi connectivity index (χ3v) is 4.70. The van der Waals surface area contributed by atoms with Crippen LogP contribution in [0.3, 0.4) is 0 Å². The molecule has 2 saturated heterocycles. The summed E-state index contributed by atoms with van der Waals surface area (Å²) in [6.07, 6.45) is -2.08. The van der Waals surface area contributed by atoms with Gasteiger partial charge in [-0.15, -0.1) is 13.2 Å². The van der Waals surface area contributed by atoms with E-state index in [9.17, 15) is 18.0 Å². The lowest BCUT2D eigenvalue weighted by atomic mass is 10.0. The number of likely N-dealkylation sites (tertiary alicyclic amines) is 1. The van der Waals surface area contributed by atoms with Gasteiger partial charge in [0.2, 0.25) is 0 Å². The van der Waals surface area contributed by atoms with Gasteiger partial charge in [0.15, 0.2) is 0 Å². The number of para-hydroxylation sites is 1. The average Bonchev–Trinajstić information content (AvgIpc) is 2.57. The number of carbonyl (C=O) groups excluding carboxylic acids is 1. The molecule has 25 heavy (non-hydrogen) atoms. The molecule has 1 aromatic carbocycles. The molecule has 2 fully saturated rings. The number of piperidine rings is 1. The van der Waals surface area contributed by atoms with Crippen molar-refractivity contribution in [1.82, 2.24) is 15.1 Å². The fraction of sp³-hybridized carbons (Fsp3) is 0.588. The summed E-state index contributed by atoms with van der Waals surface area (Å²) in [7, 11) is 0. The Bertz CT molecular complexity index is 601. The number of nitrogens with zero attached hydrogens (tertiary/aromatic N) is 2. The van der Waals surface area contributed by atoms with Gasteiger partial charge in [0.05, 0.1) is 0 Å². The predicted molar refractivity (Wildman–Crippen MR) is 86.1 cm³/mol. The van der Waals surface area contributed by atoms with E-state index in [0.29, 0.717) is 12.1 Å². The molecular weight excluding hydrogens is 335 g/mol. The Morgan fingerprint density at radius 2 is 1.88 bits per heavy atom. The molecule has 0 bridgehead atoms. The zero-order chi connectivity index (χ0) is 17.9. The lowest BCUT2D eigenvalue weighted by molar-refractivity contribution is -0.275. The molecular formula is C17H22F3N3O2. The summed E-state index contributed by atoms with van der Waals surface area (Å²) in [6, 6.07) is 6.44. The molecule has 2 heterocycles. The molecule has 1 N–H and O–H groups in total. The van der Waals surface area contributed by atoms with Gasteiger partial charge in [0.25, 0.3) is 0 Å². The minimum atomic E-state index is -4.69.